The maximum Gasteiger partial charge on any atom is 0.240 e. The monoisotopic (exact) mass is 280 g/mol. The fraction of sp³-hybridized carbons (Fsp3) is 0.455. The number of rotatable bonds is 6. The second-order valence-corrected chi connectivity index (χ2v) is 5.05. The van der Waals surface area contributed by atoms with E-state index in [-0.39, 0.29) is 12.5 Å². The van der Waals surface area contributed by atoms with Crippen molar-refractivity contribution in [3.05, 3.63) is 18.7 Å². The summed E-state index contributed by atoms with van der Waals surface area (Å²) in [6.07, 6.45) is 5.09. The maximum absolute atomic E-state index is 9.03. The fourth-order valence-corrected chi connectivity index (χ4v) is 2.12. The topological polar surface area (TPSA) is 88.8 Å². The summed E-state index contributed by atoms with van der Waals surface area (Å²) in [5.41, 5.74) is 0. The third kappa shape index (κ3) is 3.65. The van der Waals surface area contributed by atoms with Crippen molar-refractivity contribution < 1.29 is 5.11 Å². The SMILES string of the molecule is CNc1nc(SCC(C)CO)nc(-n2ccnc2)n1. The molecule has 0 radical (unpaired) electrons. The van der Waals surface area contributed by atoms with Gasteiger partial charge in [-0.3, -0.25) is 4.57 Å². The Labute approximate surface area is 115 Å². The molecule has 0 aromatic carbocycles. The zero-order valence-electron chi connectivity index (χ0n) is 10.8. The first-order valence-corrected chi connectivity index (χ1v) is 6.87. The lowest BCUT2D eigenvalue weighted by molar-refractivity contribution is 0.250. The number of anilines is 1. The molecule has 0 spiro atoms. The molecule has 2 aromatic rings. The fourth-order valence-electron chi connectivity index (χ4n) is 1.28. The molecule has 0 bridgehead atoms. The van der Waals surface area contributed by atoms with E-state index in [0.29, 0.717) is 17.1 Å². The van der Waals surface area contributed by atoms with Gasteiger partial charge in [0.25, 0.3) is 0 Å². The van der Waals surface area contributed by atoms with Crippen LogP contribution in [0.25, 0.3) is 5.95 Å². The highest BCUT2D eigenvalue weighted by Gasteiger charge is 2.09. The van der Waals surface area contributed by atoms with Crippen LogP contribution in [0.5, 0.6) is 0 Å². The largest absolute Gasteiger partial charge is 0.396 e. The summed E-state index contributed by atoms with van der Waals surface area (Å²) in [5.74, 6) is 2.00. The van der Waals surface area contributed by atoms with E-state index in [4.69, 9.17) is 5.11 Å². The van der Waals surface area contributed by atoms with Crippen LogP contribution >= 0.6 is 11.8 Å². The Balaban J connectivity index is 2.21. The van der Waals surface area contributed by atoms with Crippen molar-refractivity contribution >= 4 is 17.7 Å². The van der Waals surface area contributed by atoms with Gasteiger partial charge in [0.05, 0.1) is 0 Å². The molecule has 1 atom stereocenters. The lowest BCUT2D eigenvalue weighted by Crippen LogP contribution is -2.08. The molecule has 8 heteroatoms. The zero-order valence-corrected chi connectivity index (χ0v) is 11.6. The number of nitrogens with zero attached hydrogens (tertiary/aromatic N) is 5. The molecule has 7 nitrogen and oxygen atoms in total. The molecule has 2 heterocycles. The molecule has 0 aliphatic rings. The zero-order chi connectivity index (χ0) is 13.7. The lowest BCUT2D eigenvalue weighted by Gasteiger charge is -2.08. The minimum Gasteiger partial charge on any atom is -0.396 e. The standard InChI is InChI=1S/C11H16N6OS/c1-8(5-18)6-19-11-15-9(12-2)14-10(16-11)17-4-3-13-7-17/h3-4,7-8,18H,5-6H2,1-2H3,(H,12,14,15,16). The minimum atomic E-state index is 0.158. The van der Waals surface area contributed by atoms with Gasteiger partial charge in [-0.25, -0.2) is 4.98 Å². The van der Waals surface area contributed by atoms with Crippen LogP contribution in [-0.2, 0) is 0 Å². The van der Waals surface area contributed by atoms with Gasteiger partial charge in [-0.15, -0.1) is 0 Å². The number of aliphatic hydroxyl groups is 1. The van der Waals surface area contributed by atoms with Crippen molar-refractivity contribution in [1.82, 2.24) is 24.5 Å². The number of aromatic nitrogens is 5. The number of imidazole rings is 1. The van der Waals surface area contributed by atoms with E-state index >= 15 is 0 Å². The second-order valence-electron chi connectivity index (χ2n) is 4.06. The molecule has 102 valence electrons. The van der Waals surface area contributed by atoms with Gasteiger partial charge in [0.2, 0.25) is 11.9 Å². The van der Waals surface area contributed by atoms with Crippen molar-refractivity contribution in [1.29, 1.82) is 0 Å². The summed E-state index contributed by atoms with van der Waals surface area (Å²) in [4.78, 5) is 16.9. The molecule has 1 unspecified atom stereocenters. The van der Waals surface area contributed by atoms with E-state index in [1.54, 1.807) is 30.3 Å². The average molecular weight is 280 g/mol. The lowest BCUT2D eigenvalue weighted by atomic mass is 10.2. The Hall–Kier alpha value is -1.67. The van der Waals surface area contributed by atoms with E-state index in [1.165, 1.54) is 11.8 Å². The Kier molecular flexibility index (Phi) is 4.69. The third-order valence-electron chi connectivity index (χ3n) is 2.37. The molecule has 0 amide bonds. The average Bonchev–Trinajstić information content (AvgIpc) is 2.98. The van der Waals surface area contributed by atoms with Gasteiger partial charge in [0.1, 0.15) is 6.33 Å². The Morgan fingerprint density at radius 1 is 1.42 bits per heavy atom. The van der Waals surface area contributed by atoms with Gasteiger partial charge < -0.3 is 10.4 Å². The molecule has 0 aliphatic carbocycles. The number of thioether (sulfide) groups is 1. The molecule has 0 fully saturated rings. The molecule has 0 aliphatic heterocycles. The number of aliphatic hydroxyl groups excluding tert-OH is 1. The van der Waals surface area contributed by atoms with Gasteiger partial charge >= 0.3 is 0 Å². The van der Waals surface area contributed by atoms with Crippen molar-refractivity contribution in [2.24, 2.45) is 5.92 Å². The van der Waals surface area contributed by atoms with Crippen LogP contribution in [0.15, 0.2) is 23.9 Å². The van der Waals surface area contributed by atoms with Gasteiger partial charge in [-0.1, -0.05) is 18.7 Å². The minimum absolute atomic E-state index is 0.158. The molecule has 0 saturated heterocycles. The van der Waals surface area contributed by atoms with Crippen molar-refractivity contribution in [2.45, 2.75) is 12.1 Å². The highest BCUT2D eigenvalue weighted by Crippen LogP contribution is 2.18. The predicted molar refractivity (Wildman–Crippen MR) is 73.5 cm³/mol. The van der Waals surface area contributed by atoms with Crippen LogP contribution in [0.4, 0.5) is 5.95 Å². The van der Waals surface area contributed by atoms with E-state index in [0.717, 1.165) is 5.75 Å². The van der Waals surface area contributed by atoms with Gasteiger partial charge in [0.15, 0.2) is 5.16 Å². The van der Waals surface area contributed by atoms with E-state index in [1.807, 2.05) is 6.92 Å². The van der Waals surface area contributed by atoms with Crippen LogP contribution < -0.4 is 5.32 Å². The highest BCUT2D eigenvalue weighted by molar-refractivity contribution is 7.99. The molecule has 19 heavy (non-hydrogen) atoms. The van der Waals surface area contributed by atoms with Crippen LogP contribution in [-0.4, -0.2) is 49.0 Å². The number of hydrogen-bond acceptors (Lipinski definition) is 7. The normalized spacial score (nSPS) is 12.4. The van der Waals surface area contributed by atoms with Crippen LogP contribution in [0.1, 0.15) is 6.92 Å². The number of hydrogen-bond donors (Lipinski definition) is 2. The molecular weight excluding hydrogens is 264 g/mol. The smallest absolute Gasteiger partial charge is 0.240 e. The van der Waals surface area contributed by atoms with Gasteiger partial charge in [-0.2, -0.15) is 15.0 Å². The van der Waals surface area contributed by atoms with Crippen molar-refractivity contribution in [3.8, 4) is 5.95 Å². The summed E-state index contributed by atoms with van der Waals surface area (Å²) in [5, 5.41) is 12.6. The van der Waals surface area contributed by atoms with Crippen molar-refractivity contribution in [2.75, 3.05) is 24.7 Å². The Morgan fingerprint density at radius 3 is 2.89 bits per heavy atom. The second kappa shape index (κ2) is 6.48. The highest BCUT2D eigenvalue weighted by atomic mass is 32.2. The molecule has 2 rings (SSSR count). The maximum atomic E-state index is 9.03. The third-order valence-corrected chi connectivity index (χ3v) is 3.55. The molecule has 2 aromatic heterocycles. The van der Waals surface area contributed by atoms with Crippen LogP contribution in [0.3, 0.4) is 0 Å². The first-order valence-electron chi connectivity index (χ1n) is 5.88. The molecule has 0 saturated carbocycles. The predicted octanol–water partition coefficient (Wildman–Crippen LogP) is 0.819. The Bertz CT molecular complexity index is 518. The van der Waals surface area contributed by atoms with Gasteiger partial charge in [-0.05, 0) is 5.92 Å². The first-order chi connectivity index (χ1) is 9.22. The Morgan fingerprint density at radius 2 is 2.26 bits per heavy atom. The van der Waals surface area contributed by atoms with Crippen LogP contribution in [0.2, 0.25) is 0 Å². The van der Waals surface area contributed by atoms with E-state index < -0.39 is 0 Å². The molecular formula is C11H16N6OS. The summed E-state index contributed by atoms with van der Waals surface area (Å²) >= 11 is 1.50. The van der Waals surface area contributed by atoms with Crippen molar-refractivity contribution in [3.63, 3.8) is 0 Å². The van der Waals surface area contributed by atoms with E-state index in [2.05, 4.69) is 25.3 Å². The molecule has 2 N–H and O–H groups in total. The summed E-state index contributed by atoms with van der Waals surface area (Å²) in [7, 11) is 1.76. The first kappa shape index (κ1) is 13.8. The summed E-state index contributed by atoms with van der Waals surface area (Å²) in [6, 6.07) is 0. The quantitative estimate of drug-likeness (QED) is 0.757. The van der Waals surface area contributed by atoms with Crippen LogP contribution in [0, 0.1) is 5.92 Å². The summed E-state index contributed by atoms with van der Waals surface area (Å²) < 4.78 is 1.72. The number of nitrogens with one attached hydrogen (secondary N) is 1. The summed E-state index contributed by atoms with van der Waals surface area (Å²) in [6.45, 7) is 2.13. The van der Waals surface area contributed by atoms with Gasteiger partial charge in [0, 0.05) is 31.8 Å². The van der Waals surface area contributed by atoms with E-state index in [9.17, 15) is 0 Å².